The average molecular weight is 679 g/mol. The van der Waals surface area contributed by atoms with Crippen molar-refractivity contribution in [1.82, 2.24) is 20.4 Å². The predicted molar refractivity (Wildman–Crippen MR) is 179 cm³/mol. The van der Waals surface area contributed by atoms with Gasteiger partial charge < -0.3 is 25.0 Å². The van der Waals surface area contributed by atoms with E-state index < -0.39 is 53.3 Å². The zero-order chi connectivity index (χ0) is 35.6. The number of halogens is 2. The summed E-state index contributed by atoms with van der Waals surface area (Å²) >= 11 is 0. The van der Waals surface area contributed by atoms with Gasteiger partial charge in [-0.3, -0.25) is 19.3 Å². The van der Waals surface area contributed by atoms with Crippen molar-refractivity contribution in [2.45, 2.75) is 76.8 Å². The van der Waals surface area contributed by atoms with E-state index in [1.54, 1.807) is 26.8 Å². The fraction of sp³-hybridized carbons (Fsp3) is 0.405. The van der Waals surface area contributed by atoms with Gasteiger partial charge >= 0.3 is 12.1 Å². The Bertz CT molecular complexity index is 1590. The zero-order valence-corrected chi connectivity index (χ0v) is 28.3. The molecule has 3 aromatic carbocycles. The minimum atomic E-state index is -1.46. The summed E-state index contributed by atoms with van der Waals surface area (Å²) in [6, 6.07) is 19.7. The molecule has 1 aliphatic heterocycles. The van der Waals surface area contributed by atoms with Crippen LogP contribution in [0.1, 0.15) is 56.7 Å². The number of benzene rings is 3. The van der Waals surface area contributed by atoms with E-state index in [1.807, 2.05) is 36.4 Å². The molecular weight excluding hydrogens is 634 g/mol. The second kappa shape index (κ2) is 16.5. The Hall–Kier alpha value is -4.84. The van der Waals surface area contributed by atoms with Gasteiger partial charge in [-0.05, 0) is 74.6 Å². The van der Waals surface area contributed by atoms with Gasteiger partial charge in [-0.1, -0.05) is 54.6 Å². The second-order valence-electron chi connectivity index (χ2n) is 13.1. The fourth-order valence-electron chi connectivity index (χ4n) is 5.84. The highest BCUT2D eigenvalue weighted by atomic mass is 19.1. The van der Waals surface area contributed by atoms with Crippen molar-refractivity contribution >= 4 is 23.9 Å². The molecule has 0 bridgehead atoms. The standard InChI is InChI=1S/C37H44F2N4O6/c1-36(2,3)49-35(47)41-31(22-32(44)48-4)33(45)43(25-27-13-15-29(38)16-14-27)37(34(46)40-23-26-9-6-5-7-10-26)17-19-42(20-18-37)24-28-11-8-12-30(39)21-28/h5-16,21,31H,17-20,22-25H2,1-4H3,(H,40,46)(H,41,47)/t31-/m0/s1. The Morgan fingerprint density at radius 1 is 0.878 bits per heavy atom. The molecule has 1 saturated heterocycles. The molecule has 4 rings (SSSR count). The third-order valence-electron chi connectivity index (χ3n) is 8.32. The van der Waals surface area contributed by atoms with E-state index in [0.29, 0.717) is 25.2 Å². The van der Waals surface area contributed by atoms with Crippen LogP contribution in [0.15, 0.2) is 78.9 Å². The van der Waals surface area contributed by atoms with Gasteiger partial charge in [0, 0.05) is 32.7 Å². The number of hydrogen-bond donors (Lipinski definition) is 2. The van der Waals surface area contributed by atoms with Gasteiger partial charge in [0.2, 0.25) is 11.8 Å². The molecule has 2 N–H and O–H groups in total. The van der Waals surface area contributed by atoms with Crippen LogP contribution in [0.3, 0.4) is 0 Å². The van der Waals surface area contributed by atoms with Gasteiger partial charge in [0.05, 0.1) is 13.5 Å². The third kappa shape index (κ3) is 10.6. The Kier molecular flexibility index (Phi) is 12.5. The molecule has 1 atom stereocenters. The first-order chi connectivity index (χ1) is 23.3. The van der Waals surface area contributed by atoms with Crippen LogP contribution in [0.25, 0.3) is 0 Å². The lowest BCUT2D eigenvalue weighted by Crippen LogP contribution is -2.66. The van der Waals surface area contributed by atoms with Crippen molar-refractivity contribution in [2.75, 3.05) is 20.2 Å². The first kappa shape index (κ1) is 37.0. The Morgan fingerprint density at radius 3 is 2.14 bits per heavy atom. The second-order valence-corrected chi connectivity index (χ2v) is 13.1. The van der Waals surface area contributed by atoms with Crippen molar-refractivity contribution in [3.63, 3.8) is 0 Å². The van der Waals surface area contributed by atoms with Crippen LogP contribution in [-0.4, -0.2) is 71.1 Å². The molecule has 49 heavy (non-hydrogen) atoms. The number of rotatable bonds is 12. The zero-order valence-electron chi connectivity index (χ0n) is 28.3. The molecule has 0 spiro atoms. The summed E-state index contributed by atoms with van der Waals surface area (Å²) in [6.45, 7) is 6.20. The summed E-state index contributed by atoms with van der Waals surface area (Å²) in [7, 11) is 1.17. The summed E-state index contributed by atoms with van der Waals surface area (Å²) < 4.78 is 38.2. The lowest BCUT2D eigenvalue weighted by molar-refractivity contribution is -0.156. The van der Waals surface area contributed by atoms with Crippen LogP contribution >= 0.6 is 0 Å². The highest BCUT2D eigenvalue weighted by Gasteiger charge is 2.50. The number of amides is 3. The van der Waals surface area contributed by atoms with Crippen LogP contribution in [0.5, 0.6) is 0 Å². The van der Waals surface area contributed by atoms with Gasteiger partial charge in [0.25, 0.3) is 0 Å². The number of piperidine rings is 1. The molecule has 1 fully saturated rings. The molecule has 0 radical (unpaired) electrons. The lowest BCUT2D eigenvalue weighted by atomic mass is 9.83. The molecule has 12 heteroatoms. The van der Waals surface area contributed by atoms with E-state index in [9.17, 15) is 28.0 Å². The molecule has 0 aliphatic carbocycles. The van der Waals surface area contributed by atoms with E-state index in [-0.39, 0.29) is 31.7 Å². The number of hydrogen-bond acceptors (Lipinski definition) is 7. The van der Waals surface area contributed by atoms with Gasteiger partial charge in [0.15, 0.2) is 0 Å². The van der Waals surface area contributed by atoms with Crippen molar-refractivity contribution < 1.29 is 37.4 Å². The van der Waals surface area contributed by atoms with Crippen molar-refractivity contribution in [2.24, 2.45) is 0 Å². The smallest absolute Gasteiger partial charge is 0.408 e. The largest absolute Gasteiger partial charge is 0.469 e. The molecule has 1 aliphatic rings. The summed E-state index contributed by atoms with van der Waals surface area (Å²) in [5.74, 6) is -2.73. The topological polar surface area (TPSA) is 117 Å². The van der Waals surface area contributed by atoms with Crippen LogP contribution in [0, 0.1) is 11.6 Å². The van der Waals surface area contributed by atoms with Crippen LogP contribution in [-0.2, 0) is 43.5 Å². The van der Waals surface area contributed by atoms with E-state index in [0.717, 1.165) is 11.1 Å². The lowest BCUT2D eigenvalue weighted by Gasteiger charge is -2.48. The SMILES string of the molecule is COC(=O)C[C@H](NC(=O)OC(C)(C)C)C(=O)N(Cc1ccc(F)cc1)C1(C(=O)NCc2ccccc2)CCN(Cc2cccc(F)c2)CC1. The van der Waals surface area contributed by atoms with Gasteiger partial charge in [-0.15, -0.1) is 0 Å². The monoisotopic (exact) mass is 678 g/mol. The highest BCUT2D eigenvalue weighted by molar-refractivity contribution is 5.96. The third-order valence-corrected chi connectivity index (χ3v) is 8.32. The first-order valence-electron chi connectivity index (χ1n) is 16.2. The molecule has 3 aromatic rings. The Labute approximate surface area is 285 Å². The number of nitrogens with one attached hydrogen (secondary N) is 2. The van der Waals surface area contributed by atoms with Crippen molar-refractivity contribution in [3.05, 3.63) is 107 Å². The quantitative estimate of drug-likeness (QED) is 0.256. The molecule has 3 amide bonds. The molecule has 262 valence electrons. The number of likely N-dealkylation sites (tertiary alicyclic amines) is 1. The average Bonchev–Trinajstić information content (AvgIpc) is 3.06. The van der Waals surface area contributed by atoms with Crippen LogP contribution < -0.4 is 10.6 Å². The van der Waals surface area contributed by atoms with Gasteiger partial charge in [-0.25, -0.2) is 13.6 Å². The molecule has 0 aromatic heterocycles. The minimum absolute atomic E-state index is 0.130. The maximum atomic E-state index is 14.7. The van der Waals surface area contributed by atoms with Crippen molar-refractivity contribution in [1.29, 1.82) is 0 Å². The van der Waals surface area contributed by atoms with Crippen LogP contribution in [0.2, 0.25) is 0 Å². The van der Waals surface area contributed by atoms with E-state index in [1.165, 1.54) is 48.4 Å². The number of esters is 1. The summed E-state index contributed by atoms with van der Waals surface area (Å²) in [4.78, 5) is 58.1. The number of methoxy groups -OCH3 is 1. The Balaban J connectivity index is 1.73. The van der Waals surface area contributed by atoms with Crippen LogP contribution in [0.4, 0.5) is 13.6 Å². The predicted octanol–water partition coefficient (Wildman–Crippen LogP) is 5.10. The summed E-state index contributed by atoms with van der Waals surface area (Å²) in [5.41, 5.74) is -0.214. The maximum absolute atomic E-state index is 14.7. The normalized spacial score (nSPS) is 15.1. The Morgan fingerprint density at radius 2 is 1.53 bits per heavy atom. The molecule has 0 saturated carbocycles. The maximum Gasteiger partial charge on any atom is 0.408 e. The summed E-state index contributed by atoms with van der Waals surface area (Å²) in [6.07, 6.45) is -1.11. The fourth-order valence-corrected chi connectivity index (χ4v) is 5.84. The molecule has 1 heterocycles. The molecule has 10 nitrogen and oxygen atoms in total. The number of carbonyl (C=O) groups is 4. The number of nitrogens with zero attached hydrogens (tertiary/aromatic N) is 2. The van der Waals surface area contributed by atoms with Crippen molar-refractivity contribution in [3.8, 4) is 0 Å². The van der Waals surface area contributed by atoms with E-state index in [2.05, 4.69) is 15.5 Å². The molecule has 0 unspecified atom stereocenters. The number of ether oxygens (including phenoxy) is 2. The highest BCUT2D eigenvalue weighted by Crippen LogP contribution is 2.33. The molecular formula is C37H44F2N4O6. The van der Waals surface area contributed by atoms with E-state index in [4.69, 9.17) is 9.47 Å². The summed E-state index contributed by atoms with van der Waals surface area (Å²) in [5, 5.41) is 5.53. The number of carbonyl (C=O) groups excluding carboxylic acids is 4. The van der Waals surface area contributed by atoms with Gasteiger partial charge in [-0.2, -0.15) is 0 Å². The minimum Gasteiger partial charge on any atom is -0.469 e. The number of alkyl carbamates (subject to hydrolysis) is 1. The van der Waals surface area contributed by atoms with E-state index >= 15 is 0 Å². The first-order valence-corrected chi connectivity index (χ1v) is 16.2. The van der Waals surface area contributed by atoms with Gasteiger partial charge in [0.1, 0.15) is 28.8 Å².